The zero-order chi connectivity index (χ0) is 16.1. The van der Waals surface area contributed by atoms with Gasteiger partial charge >= 0.3 is 5.97 Å². The van der Waals surface area contributed by atoms with Gasteiger partial charge in [-0.3, -0.25) is 14.4 Å². The fraction of sp³-hybridized carbons (Fsp3) is 0.400. The molecule has 2 amide bonds. The second-order valence-electron chi connectivity index (χ2n) is 5.18. The second kappa shape index (κ2) is 7.31. The van der Waals surface area contributed by atoms with Crippen molar-refractivity contribution in [3.63, 3.8) is 0 Å². The highest BCUT2D eigenvalue weighted by Gasteiger charge is 2.29. The van der Waals surface area contributed by atoms with Crippen molar-refractivity contribution in [3.8, 4) is 0 Å². The average Bonchev–Trinajstić information content (AvgIpc) is 2.45. The Morgan fingerprint density at radius 2 is 2.09 bits per heavy atom. The molecule has 0 radical (unpaired) electrons. The zero-order valence-electron chi connectivity index (χ0n) is 12.4. The number of carbonyl (C=O) groups is 3. The normalized spacial score (nSPS) is 16.7. The molecule has 2 N–H and O–H groups in total. The van der Waals surface area contributed by atoms with E-state index in [0.29, 0.717) is 0 Å². The molecule has 1 heterocycles. The molecule has 0 fully saturated rings. The van der Waals surface area contributed by atoms with Crippen LogP contribution in [0.3, 0.4) is 0 Å². The molecule has 2 rings (SSSR count). The highest BCUT2D eigenvalue weighted by atomic mass is 32.2. The molecule has 0 aromatic heterocycles. The minimum Gasteiger partial charge on any atom is -0.456 e. The number of thioether (sulfide) groups is 1. The predicted octanol–water partition coefficient (Wildman–Crippen LogP) is 1.56. The third kappa shape index (κ3) is 4.49. The maximum atomic E-state index is 12.0. The fourth-order valence-electron chi connectivity index (χ4n) is 1.95. The lowest BCUT2D eigenvalue weighted by atomic mass is 10.2. The summed E-state index contributed by atoms with van der Waals surface area (Å²) in [5.41, 5.74) is 0.749. The van der Waals surface area contributed by atoms with Crippen molar-refractivity contribution in [3.05, 3.63) is 24.3 Å². The summed E-state index contributed by atoms with van der Waals surface area (Å²) >= 11 is 1.32. The Bertz CT molecular complexity index is 589. The smallest absolute Gasteiger partial charge is 0.307 e. The first kappa shape index (κ1) is 16.4. The summed E-state index contributed by atoms with van der Waals surface area (Å²) < 4.78 is 4.90. The van der Waals surface area contributed by atoms with Crippen LogP contribution < -0.4 is 10.6 Å². The first-order chi connectivity index (χ1) is 10.5. The Morgan fingerprint density at radius 1 is 1.36 bits per heavy atom. The Kier molecular flexibility index (Phi) is 5.43. The monoisotopic (exact) mass is 322 g/mol. The van der Waals surface area contributed by atoms with Crippen LogP contribution in [0.2, 0.25) is 0 Å². The lowest BCUT2D eigenvalue weighted by Gasteiger charge is -2.23. The van der Waals surface area contributed by atoms with Crippen molar-refractivity contribution in [1.29, 1.82) is 0 Å². The van der Waals surface area contributed by atoms with Crippen molar-refractivity contribution < 1.29 is 19.1 Å². The number of ether oxygens (including phenoxy) is 1. The van der Waals surface area contributed by atoms with Gasteiger partial charge in [-0.25, -0.2) is 0 Å². The minimum atomic E-state index is -0.564. The van der Waals surface area contributed by atoms with Gasteiger partial charge in [-0.1, -0.05) is 12.1 Å². The molecule has 0 saturated carbocycles. The van der Waals surface area contributed by atoms with Crippen molar-refractivity contribution in [2.75, 3.05) is 11.9 Å². The number of amides is 2. The number of esters is 1. The summed E-state index contributed by atoms with van der Waals surface area (Å²) in [5, 5.41) is 4.84. The van der Waals surface area contributed by atoms with E-state index in [1.165, 1.54) is 11.8 Å². The van der Waals surface area contributed by atoms with E-state index in [9.17, 15) is 14.4 Å². The van der Waals surface area contributed by atoms with Crippen molar-refractivity contribution in [2.24, 2.45) is 0 Å². The van der Waals surface area contributed by atoms with E-state index < -0.39 is 11.2 Å². The summed E-state index contributed by atoms with van der Waals surface area (Å²) in [5.74, 6) is -1.15. The molecule has 0 saturated heterocycles. The molecule has 118 valence electrons. The average molecular weight is 322 g/mol. The molecular formula is C15H18N2O4S. The van der Waals surface area contributed by atoms with Gasteiger partial charge in [0, 0.05) is 10.9 Å². The van der Waals surface area contributed by atoms with Crippen molar-refractivity contribution >= 4 is 35.2 Å². The van der Waals surface area contributed by atoms with Gasteiger partial charge in [-0.05, 0) is 26.0 Å². The first-order valence-corrected chi connectivity index (χ1v) is 7.85. The molecule has 0 unspecified atom stereocenters. The number of carbonyl (C=O) groups excluding carboxylic acids is 3. The maximum absolute atomic E-state index is 12.0. The highest BCUT2D eigenvalue weighted by molar-refractivity contribution is 8.01. The Hall–Kier alpha value is -2.02. The number of hydrogen-bond donors (Lipinski definition) is 2. The number of fused-ring (bicyclic) bond motifs is 1. The second-order valence-corrected chi connectivity index (χ2v) is 6.42. The molecule has 22 heavy (non-hydrogen) atoms. The van der Waals surface area contributed by atoms with Crippen LogP contribution in [-0.2, 0) is 19.1 Å². The molecule has 1 atom stereocenters. The van der Waals surface area contributed by atoms with Gasteiger partial charge < -0.3 is 15.4 Å². The number of anilines is 1. The lowest BCUT2D eigenvalue weighted by molar-refractivity contribution is -0.149. The lowest BCUT2D eigenvalue weighted by Crippen LogP contribution is -2.35. The van der Waals surface area contributed by atoms with Crippen LogP contribution in [-0.4, -0.2) is 35.7 Å². The zero-order valence-corrected chi connectivity index (χ0v) is 13.2. The van der Waals surface area contributed by atoms with Crippen molar-refractivity contribution in [2.45, 2.75) is 36.5 Å². The molecule has 6 nitrogen and oxygen atoms in total. The van der Waals surface area contributed by atoms with Gasteiger partial charge in [-0.15, -0.1) is 11.8 Å². The van der Waals surface area contributed by atoms with Gasteiger partial charge in [0.15, 0.2) is 6.61 Å². The van der Waals surface area contributed by atoms with Gasteiger partial charge in [0.1, 0.15) is 0 Å². The molecule has 0 bridgehead atoms. The molecular weight excluding hydrogens is 304 g/mol. The Labute approximate surface area is 133 Å². The van der Waals surface area contributed by atoms with Gasteiger partial charge in [0.05, 0.1) is 17.4 Å². The summed E-state index contributed by atoms with van der Waals surface area (Å²) in [7, 11) is 0. The summed E-state index contributed by atoms with van der Waals surface area (Å²) in [6, 6.07) is 7.39. The molecule has 0 spiro atoms. The summed E-state index contributed by atoms with van der Waals surface area (Å²) in [6.45, 7) is 3.31. The van der Waals surface area contributed by atoms with E-state index in [-0.39, 0.29) is 30.9 Å². The molecule has 7 heteroatoms. The van der Waals surface area contributed by atoms with E-state index in [1.54, 1.807) is 0 Å². The van der Waals surface area contributed by atoms with E-state index in [1.807, 2.05) is 38.1 Å². The Morgan fingerprint density at radius 3 is 2.82 bits per heavy atom. The van der Waals surface area contributed by atoms with Crippen LogP contribution >= 0.6 is 11.8 Å². The van der Waals surface area contributed by atoms with E-state index in [2.05, 4.69) is 10.6 Å². The quantitative estimate of drug-likeness (QED) is 0.804. The molecule has 1 aliphatic rings. The SMILES string of the molecule is CC(C)NC(=O)COC(=O)C[C@H]1Sc2ccccc2NC1=O. The third-order valence-electron chi connectivity index (χ3n) is 2.87. The van der Waals surface area contributed by atoms with E-state index >= 15 is 0 Å². The maximum Gasteiger partial charge on any atom is 0.307 e. The van der Waals surface area contributed by atoms with Gasteiger partial charge in [0.2, 0.25) is 5.91 Å². The van der Waals surface area contributed by atoms with Crippen LogP contribution in [0.4, 0.5) is 5.69 Å². The fourth-order valence-corrected chi connectivity index (χ4v) is 3.04. The Balaban J connectivity index is 1.85. The van der Waals surface area contributed by atoms with E-state index in [4.69, 9.17) is 4.74 Å². The van der Waals surface area contributed by atoms with Gasteiger partial charge in [-0.2, -0.15) is 0 Å². The molecule has 1 aromatic carbocycles. The number of para-hydroxylation sites is 1. The molecule has 1 aliphatic heterocycles. The molecule has 1 aromatic rings. The van der Waals surface area contributed by atoms with Crippen LogP contribution in [0.15, 0.2) is 29.2 Å². The minimum absolute atomic E-state index is 0.0117. The summed E-state index contributed by atoms with van der Waals surface area (Å²) in [4.78, 5) is 36.0. The van der Waals surface area contributed by atoms with Crippen LogP contribution in [0.5, 0.6) is 0 Å². The topological polar surface area (TPSA) is 84.5 Å². The number of hydrogen-bond acceptors (Lipinski definition) is 5. The summed E-state index contributed by atoms with van der Waals surface area (Å²) in [6.07, 6.45) is -0.0696. The highest BCUT2D eigenvalue weighted by Crippen LogP contribution is 2.36. The van der Waals surface area contributed by atoms with Crippen LogP contribution in [0, 0.1) is 0 Å². The molecule has 0 aliphatic carbocycles. The standard InChI is InChI=1S/C15H18N2O4S/c1-9(2)16-13(18)8-21-14(19)7-12-15(20)17-10-5-3-4-6-11(10)22-12/h3-6,9,12H,7-8H2,1-2H3,(H,16,18)(H,17,20)/t12-/m1/s1. The number of rotatable bonds is 5. The first-order valence-electron chi connectivity index (χ1n) is 6.97. The third-order valence-corrected chi connectivity index (χ3v) is 4.15. The number of nitrogens with one attached hydrogen (secondary N) is 2. The van der Waals surface area contributed by atoms with E-state index in [0.717, 1.165) is 10.6 Å². The number of benzene rings is 1. The van der Waals surface area contributed by atoms with Crippen LogP contribution in [0.1, 0.15) is 20.3 Å². The largest absolute Gasteiger partial charge is 0.456 e. The predicted molar refractivity (Wildman–Crippen MR) is 83.6 cm³/mol. The van der Waals surface area contributed by atoms with Crippen LogP contribution in [0.25, 0.3) is 0 Å². The van der Waals surface area contributed by atoms with Crippen molar-refractivity contribution in [1.82, 2.24) is 5.32 Å². The van der Waals surface area contributed by atoms with Gasteiger partial charge in [0.25, 0.3) is 5.91 Å².